The van der Waals surface area contributed by atoms with Gasteiger partial charge in [-0.15, -0.1) is 0 Å². The number of carbonyl (C=O) groups is 2. The third-order valence-corrected chi connectivity index (χ3v) is 4.70. The number of carbonyl (C=O) groups excluding carboxylic acids is 2. The lowest BCUT2D eigenvalue weighted by Crippen LogP contribution is -2.46. The highest BCUT2D eigenvalue weighted by Gasteiger charge is 2.26. The second-order valence-corrected chi connectivity index (χ2v) is 6.58. The van der Waals surface area contributed by atoms with Crippen LogP contribution in [0, 0.1) is 5.92 Å². The molecule has 27 heavy (non-hydrogen) atoms. The normalized spacial score (nSPS) is 15.7. The van der Waals surface area contributed by atoms with E-state index in [0.717, 1.165) is 18.4 Å². The van der Waals surface area contributed by atoms with Crippen LogP contribution in [0.1, 0.15) is 28.8 Å². The van der Waals surface area contributed by atoms with Gasteiger partial charge in [-0.1, -0.05) is 12.1 Å². The Morgan fingerprint density at radius 2 is 1.78 bits per heavy atom. The van der Waals surface area contributed by atoms with E-state index in [1.807, 2.05) is 12.1 Å². The first-order valence-corrected chi connectivity index (χ1v) is 9.05. The quantitative estimate of drug-likeness (QED) is 0.720. The van der Waals surface area contributed by atoms with Gasteiger partial charge in [0.15, 0.2) is 0 Å². The highest BCUT2D eigenvalue weighted by Crippen LogP contribution is 2.17. The van der Waals surface area contributed by atoms with Gasteiger partial charge >= 0.3 is 0 Å². The van der Waals surface area contributed by atoms with Crippen LogP contribution in [-0.2, 0) is 16.1 Å². The largest absolute Gasteiger partial charge is 0.381 e. The molecule has 2 aromatic rings. The third-order valence-electron chi connectivity index (χ3n) is 4.70. The van der Waals surface area contributed by atoms with Crippen LogP contribution < -0.4 is 16.4 Å². The topological polar surface area (TPSA) is 106 Å². The molecule has 1 unspecified atom stereocenters. The van der Waals surface area contributed by atoms with Crippen LogP contribution in [-0.4, -0.2) is 36.1 Å². The highest BCUT2D eigenvalue weighted by atomic mass is 16.5. The second kappa shape index (κ2) is 9.25. The fourth-order valence-corrected chi connectivity index (χ4v) is 3.01. The van der Waals surface area contributed by atoms with Crippen LogP contribution in [0.3, 0.4) is 0 Å². The van der Waals surface area contributed by atoms with E-state index in [-0.39, 0.29) is 17.7 Å². The summed E-state index contributed by atoms with van der Waals surface area (Å²) in [6.07, 6.45) is 4.87. The van der Waals surface area contributed by atoms with E-state index in [1.54, 1.807) is 36.7 Å². The summed E-state index contributed by atoms with van der Waals surface area (Å²) in [5.74, 6) is -0.183. The molecule has 3 rings (SSSR count). The maximum absolute atomic E-state index is 12.2. The number of hydrogen-bond acceptors (Lipinski definition) is 5. The maximum Gasteiger partial charge on any atom is 0.255 e. The Morgan fingerprint density at radius 3 is 2.44 bits per heavy atom. The van der Waals surface area contributed by atoms with Crippen molar-refractivity contribution in [3.63, 3.8) is 0 Å². The molecule has 0 aliphatic carbocycles. The van der Waals surface area contributed by atoms with E-state index in [1.165, 1.54) is 0 Å². The number of anilines is 1. The van der Waals surface area contributed by atoms with Crippen molar-refractivity contribution >= 4 is 17.5 Å². The van der Waals surface area contributed by atoms with Crippen molar-refractivity contribution in [1.29, 1.82) is 0 Å². The summed E-state index contributed by atoms with van der Waals surface area (Å²) in [4.78, 5) is 28.4. The van der Waals surface area contributed by atoms with Crippen LogP contribution in [0.5, 0.6) is 0 Å². The predicted molar refractivity (Wildman–Crippen MR) is 102 cm³/mol. The van der Waals surface area contributed by atoms with Gasteiger partial charge in [-0.2, -0.15) is 0 Å². The third kappa shape index (κ3) is 5.35. The molecule has 7 nitrogen and oxygen atoms in total. The first-order chi connectivity index (χ1) is 13.1. The van der Waals surface area contributed by atoms with E-state index in [9.17, 15) is 9.59 Å². The van der Waals surface area contributed by atoms with E-state index in [4.69, 9.17) is 10.5 Å². The molecule has 0 spiro atoms. The van der Waals surface area contributed by atoms with Gasteiger partial charge in [0.1, 0.15) is 0 Å². The zero-order valence-electron chi connectivity index (χ0n) is 15.1. The summed E-state index contributed by atoms with van der Waals surface area (Å²) in [6.45, 7) is 1.70. The van der Waals surface area contributed by atoms with Gasteiger partial charge in [-0.3, -0.25) is 14.6 Å². The van der Waals surface area contributed by atoms with Gasteiger partial charge in [0.05, 0.1) is 6.04 Å². The molecule has 4 N–H and O–H groups in total. The van der Waals surface area contributed by atoms with E-state index < -0.39 is 6.04 Å². The first-order valence-electron chi connectivity index (χ1n) is 9.05. The standard InChI is InChI=1S/C20H24N4O3/c21-18(15-7-11-27-12-8-15)20(26)23-13-14-1-3-16(4-2-14)19(25)24-17-5-9-22-10-6-17/h1-6,9-10,15,18H,7-8,11-13,21H2,(H,23,26)(H,22,24,25). The number of nitrogens with two attached hydrogens (primary N) is 1. The number of nitrogens with one attached hydrogen (secondary N) is 2. The fraction of sp³-hybridized carbons (Fsp3) is 0.350. The van der Waals surface area contributed by atoms with Crippen LogP contribution in [0.4, 0.5) is 5.69 Å². The lowest BCUT2D eigenvalue weighted by Gasteiger charge is -2.26. The number of amides is 2. The molecule has 1 fully saturated rings. The minimum atomic E-state index is -0.515. The summed E-state index contributed by atoms with van der Waals surface area (Å²) in [5, 5.41) is 5.68. The predicted octanol–water partition coefficient (Wildman–Crippen LogP) is 1.70. The Kier molecular flexibility index (Phi) is 6.51. The molecule has 1 saturated heterocycles. The Bertz CT molecular complexity index is 759. The lowest BCUT2D eigenvalue weighted by molar-refractivity contribution is -0.124. The number of hydrogen-bond donors (Lipinski definition) is 3. The average molecular weight is 368 g/mol. The Balaban J connectivity index is 1.50. The number of ether oxygens (including phenoxy) is 1. The molecular weight excluding hydrogens is 344 g/mol. The molecule has 2 amide bonds. The van der Waals surface area contributed by atoms with E-state index in [0.29, 0.717) is 31.0 Å². The maximum atomic E-state index is 12.2. The molecule has 1 aliphatic rings. The molecule has 142 valence electrons. The first kappa shape index (κ1) is 19.0. The zero-order valence-corrected chi connectivity index (χ0v) is 15.1. The van der Waals surface area contributed by atoms with Crippen molar-refractivity contribution in [3.05, 3.63) is 59.9 Å². The number of pyridine rings is 1. The molecule has 0 bridgehead atoms. The van der Waals surface area contributed by atoms with Gasteiger partial charge in [-0.05, 0) is 48.6 Å². The molecule has 1 aromatic heterocycles. The van der Waals surface area contributed by atoms with Crippen molar-refractivity contribution in [1.82, 2.24) is 10.3 Å². The Morgan fingerprint density at radius 1 is 1.11 bits per heavy atom. The lowest BCUT2D eigenvalue weighted by atomic mass is 9.92. The summed E-state index contributed by atoms with van der Waals surface area (Å²) in [5.41, 5.74) is 8.20. The van der Waals surface area contributed by atoms with Crippen molar-refractivity contribution in [2.45, 2.75) is 25.4 Å². The molecular formula is C20H24N4O3. The Hall–Kier alpha value is -2.77. The number of benzene rings is 1. The summed E-state index contributed by atoms with van der Waals surface area (Å²) in [7, 11) is 0. The molecule has 1 atom stereocenters. The molecule has 1 aromatic carbocycles. The summed E-state index contributed by atoms with van der Waals surface area (Å²) in [6, 6.07) is 10.0. The van der Waals surface area contributed by atoms with Crippen LogP contribution in [0.25, 0.3) is 0 Å². The molecule has 0 radical (unpaired) electrons. The Labute approximate surface area is 158 Å². The van der Waals surface area contributed by atoms with Crippen LogP contribution in [0.15, 0.2) is 48.8 Å². The van der Waals surface area contributed by atoms with Crippen molar-refractivity contribution in [2.24, 2.45) is 11.7 Å². The van der Waals surface area contributed by atoms with Gasteiger partial charge in [0.2, 0.25) is 5.91 Å². The van der Waals surface area contributed by atoms with Crippen LogP contribution in [0.2, 0.25) is 0 Å². The highest BCUT2D eigenvalue weighted by molar-refractivity contribution is 6.04. The average Bonchev–Trinajstić information content (AvgIpc) is 2.73. The number of nitrogens with zero attached hydrogens (tertiary/aromatic N) is 1. The minimum absolute atomic E-state index is 0.151. The zero-order chi connectivity index (χ0) is 19.1. The number of aromatic nitrogens is 1. The van der Waals surface area contributed by atoms with Crippen molar-refractivity contribution in [3.8, 4) is 0 Å². The van der Waals surface area contributed by atoms with Crippen LogP contribution >= 0.6 is 0 Å². The van der Waals surface area contributed by atoms with Gasteiger partial charge in [0.25, 0.3) is 5.91 Å². The van der Waals surface area contributed by atoms with Crippen molar-refractivity contribution < 1.29 is 14.3 Å². The second-order valence-electron chi connectivity index (χ2n) is 6.58. The van der Waals surface area contributed by atoms with Gasteiger partial charge in [-0.25, -0.2) is 0 Å². The summed E-state index contributed by atoms with van der Waals surface area (Å²) >= 11 is 0. The minimum Gasteiger partial charge on any atom is -0.381 e. The molecule has 7 heteroatoms. The van der Waals surface area contributed by atoms with E-state index >= 15 is 0 Å². The molecule has 2 heterocycles. The smallest absolute Gasteiger partial charge is 0.255 e. The monoisotopic (exact) mass is 368 g/mol. The van der Waals surface area contributed by atoms with Gasteiger partial charge in [0, 0.05) is 43.4 Å². The molecule has 0 saturated carbocycles. The van der Waals surface area contributed by atoms with Gasteiger partial charge < -0.3 is 21.1 Å². The van der Waals surface area contributed by atoms with E-state index in [2.05, 4.69) is 15.6 Å². The fourth-order valence-electron chi connectivity index (χ4n) is 3.01. The molecule has 1 aliphatic heterocycles. The van der Waals surface area contributed by atoms with Crippen molar-refractivity contribution in [2.75, 3.05) is 18.5 Å². The summed E-state index contributed by atoms with van der Waals surface area (Å²) < 4.78 is 5.30. The SMILES string of the molecule is NC(C(=O)NCc1ccc(C(=O)Nc2ccncc2)cc1)C1CCOCC1. The number of rotatable bonds is 6.